The zero-order valence-corrected chi connectivity index (χ0v) is 13.7. The van der Waals surface area contributed by atoms with Crippen LogP contribution in [-0.4, -0.2) is 41.3 Å². The molecule has 5 nitrogen and oxygen atoms in total. The van der Waals surface area contributed by atoms with Gasteiger partial charge in [0.2, 0.25) is 0 Å². The molecular weight excluding hydrogens is 264 g/mol. The quantitative estimate of drug-likeness (QED) is 0.844. The van der Waals surface area contributed by atoms with Gasteiger partial charge in [0.15, 0.2) is 0 Å². The summed E-state index contributed by atoms with van der Waals surface area (Å²) in [5.41, 5.74) is -0.0795. The lowest BCUT2D eigenvalue weighted by molar-refractivity contribution is 0.282. The van der Waals surface area contributed by atoms with Crippen molar-refractivity contribution in [2.24, 2.45) is 0 Å². The second-order valence-corrected chi connectivity index (χ2v) is 6.79. The van der Waals surface area contributed by atoms with Gasteiger partial charge >= 0.3 is 0 Å². The molecule has 0 spiro atoms. The Morgan fingerprint density at radius 2 is 2.05 bits per heavy atom. The van der Waals surface area contributed by atoms with Gasteiger partial charge in [-0.3, -0.25) is 0 Å². The predicted octanol–water partition coefficient (Wildman–Crippen LogP) is 2.56. The van der Waals surface area contributed by atoms with Crippen LogP contribution < -0.4 is 10.2 Å². The smallest absolute Gasteiger partial charge is 0.138 e. The van der Waals surface area contributed by atoms with Gasteiger partial charge in [0.05, 0.1) is 0 Å². The van der Waals surface area contributed by atoms with E-state index in [1.165, 1.54) is 19.3 Å². The Morgan fingerprint density at radius 1 is 1.33 bits per heavy atom. The number of nitrogens with one attached hydrogen (secondary N) is 1. The number of anilines is 2. The third-order valence-corrected chi connectivity index (χ3v) is 4.01. The molecule has 0 unspecified atom stereocenters. The van der Waals surface area contributed by atoms with Crippen molar-refractivity contribution in [3.8, 4) is 0 Å². The molecule has 0 amide bonds. The monoisotopic (exact) mass is 292 g/mol. The second-order valence-electron chi connectivity index (χ2n) is 6.79. The lowest BCUT2D eigenvalue weighted by Gasteiger charge is -2.39. The first-order chi connectivity index (χ1) is 9.95. The summed E-state index contributed by atoms with van der Waals surface area (Å²) in [5.74, 6) is 2.70. The van der Waals surface area contributed by atoms with Crippen molar-refractivity contribution in [2.75, 3.05) is 30.4 Å². The van der Waals surface area contributed by atoms with Crippen LogP contribution in [0.1, 0.15) is 52.3 Å². The lowest BCUT2D eigenvalue weighted by atomic mass is 9.91. The molecule has 0 atom stereocenters. The fourth-order valence-corrected chi connectivity index (χ4v) is 2.47. The molecule has 0 aromatic carbocycles. The highest BCUT2D eigenvalue weighted by Gasteiger charge is 2.27. The van der Waals surface area contributed by atoms with Crippen LogP contribution in [0.15, 0.2) is 6.07 Å². The Morgan fingerprint density at radius 3 is 2.52 bits per heavy atom. The number of hydrogen-bond donors (Lipinski definition) is 2. The molecular formula is C16H28N4O. The second kappa shape index (κ2) is 6.60. The van der Waals surface area contributed by atoms with Gasteiger partial charge in [-0.05, 0) is 25.7 Å². The Kier molecular flexibility index (Phi) is 5.04. The topological polar surface area (TPSA) is 61.3 Å². The van der Waals surface area contributed by atoms with Gasteiger partial charge in [-0.25, -0.2) is 9.97 Å². The molecule has 1 aliphatic carbocycles. The number of aliphatic hydroxyl groups is 1. The minimum atomic E-state index is -0.0795. The van der Waals surface area contributed by atoms with E-state index in [9.17, 15) is 0 Å². The van der Waals surface area contributed by atoms with Crippen LogP contribution in [-0.2, 0) is 5.41 Å². The standard InChI is InChI=1S/C16H28N4O/c1-16(2,3)15-18-13(17-4)11-14(19-15)20(9-6-10-21)12-7-5-8-12/h11-12,21H,5-10H2,1-4H3,(H,17,18,19). The van der Waals surface area contributed by atoms with Crippen molar-refractivity contribution in [1.29, 1.82) is 0 Å². The fraction of sp³-hybridized carbons (Fsp3) is 0.750. The third-order valence-electron chi connectivity index (χ3n) is 4.01. The minimum Gasteiger partial charge on any atom is -0.396 e. The van der Waals surface area contributed by atoms with Crippen molar-refractivity contribution in [3.63, 3.8) is 0 Å². The SMILES string of the molecule is CNc1cc(N(CCCO)C2CCC2)nc(C(C)(C)C)n1. The largest absolute Gasteiger partial charge is 0.396 e. The molecule has 118 valence electrons. The molecule has 21 heavy (non-hydrogen) atoms. The highest BCUT2D eigenvalue weighted by molar-refractivity contribution is 5.50. The zero-order valence-electron chi connectivity index (χ0n) is 13.7. The summed E-state index contributed by atoms with van der Waals surface area (Å²) < 4.78 is 0. The molecule has 1 aliphatic rings. The van der Waals surface area contributed by atoms with E-state index in [1.54, 1.807) is 0 Å². The van der Waals surface area contributed by atoms with Crippen molar-refractivity contribution >= 4 is 11.6 Å². The summed E-state index contributed by atoms with van der Waals surface area (Å²) in [5, 5.41) is 12.3. The number of aromatic nitrogens is 2. The maximum absolute atomic E-state index is 9.15. The molecule has 1 aromatic heterocycles. The maximum Gasteiger partial charge on any atom is 0.138 e. The summed E-state index contributed by atoms with van der Waals surface area (Å²) in [6.07, 6.45) is 4.50. The van der Waals surface area contributed by atoms with Gasteiger partial charge in [0.1, 0.15) is 17.5 Å². The van der Waals surface area contributed by atoms with Gasteiger partial charge < -0.3 is 15.3 Å². The molecule has 2 rings (SSSR count). The van der Waals surface area contributed by atoms with Gasteiger partial charge in [-0.1, -0.05) is 20.8 Å². The summed E-state index contributed by atoms with van der Waals surface area (Å²) in [6.45, 7) is 7.47. The number of rotatable bonds is 6. The molecule has 0 saturated heterocycles. The van der Waals surface area contributed by atoms with Crippen LogP contribution in [0.4, 0.5) is 11.6 Å². The first-order valence-electron chi connectivity index (χ1n) is 7.90. The molecule has 5 heteroatoms. The normalized spacial score (nSPS) is 15.7. The summed E-state index contributed by atoms with van der Waals surface area (Å²) in [6, 6.07) is 2.58. The van der Waals surface area contributed by atoms with Gasteiger partial charge in [0, 0.05) is 37.7 Å². The van der Waals surface area contributed by atoms with E-state index in [1.807, 2.05) is 13.1 Å². The number of hydrogen-bond acceptors (Lipinski definition) is 5. The summed E-state index contributed by atoms with van der Waals surface area (Å²) in [4.78, 5) is 11.7. The Bertz CT molecular complexity index is 466. The molecule has 2 N–H and O–H groups in total. The fourth-order valence-electron chi connectivity index (χ4n) is 2.47. The van der Waals surface area contributed by atoms with Crippen molar-refractivity contribution in [2.45, 2.75) is 57.9 Å². The molecule has 0 bridgehead atoms. The Balaban J connectivity index is 2.33. The molecule has 1 fully saturated rings. The first kappa shape index (κ1) is 16.0. The van der Waals surface area contributed by atoms with Crippen LogP contribution in [0.2, 0.25) is 0 Å². The van der Waals surface area contributed by atoms with Gasteiger partial charge in [0.25, 0.3) is 0 Å². The van der Waals surface area contributed by atoms with Gasteiger partial charge in [-0.2, -0.15) is 0 Å². The average Bonchev–Trinajstić information content (AvgIpc) is 2.39. The Hall–Kier alpha value is -1.36. The Labute approximate surface area is 127 Å². The van der Waals surface area contributed by atoms with Crippen LogP contribution >= 0.6 is 0 Å². The summed E-state index contributed by atoms with van der Waals surface area (Å²) >= 11 is 0. The van der Waals surface area contributed by atoms with Crippen LogP contribution in [0, 0.1) is 0 Å². The highest BCUT2D eigenvalue weighted by atomic mass is 16.3. The molecule has 0 radical (unpaired) electrons. The van der Waals surface area contributed by atoms with Crippen molar-refractivity contribution < 1.29 is 5.11 Å². The summed E-state index contributed by atoms with van der Waals surface area (Å²) in [7, 11) is 1.89. The van der Waals surface area contributed by atoms with E-state index in [2.05, 4.69) is 36.0 Å². The van der Waals surface area contributed by atoms with Crippen LogP contribution in [0.5, 0.6) is 0 Å². The van der Waals surface area contributed by atoms with E-state index in [4.69, 9.17) is 10.1 Å². The maximum atomic E-state index is 9.15. The lowest BCUT2D eigenvalue weighted by Crippen LogP contribution is -2.42. The van der Waals surface area contributed by atoms with E-state index in [-0.39, 0.29) is 12.0 Å². The van der Waals surface area contributed by atoms with E-state index >= 15 is 0 Å². The number of aliphatic hydroxyl groups excluding tert-OH is 1. The van der Waals surface area contributed by atoms with E-state index in [0.29, 0.717) is 6.04 Å². The molecule has 0 aliphatic heterocycles. The minimum absolute atomic E-state index is 0.0795. The predicted molar refractivity (Wildman–Crippen MR) is 87.0 cm³/mol. The number of nitrogens with zero attached hydrogens (tertiary/aromatic N) is 3. The van der Waals surface area contributed by atoms with E-state index in [0.717, 1.165) is 30.4 Å². The molecule has 1 heterocycles. The van der Waals surface area contributed by atoms with Crippen LogP contribution in [0.25, 0.3) is 0 Å². The average molecular weight is 292 g/mol. The highest BCUT2D eigenvalue weighted by Crippen LogP contribution is 2.31. The zero-order chi connectivity index (χ0) is 15.5. The van der Waals surface area contributed by atoms with E-state index < -0.39 is 0 Å². The van der Waals surface area contributed by atoms with Crippen LogP contribution in [0.3, 0.4) is 0 Å². The molecule has 1 aromatic rings. The van der Waals surface area contributed by atoms with Crippen molar-refractivity contribution in [1.82, 2.24) is 9.97 Å². The van der Waals surface area contributed by atoms with Gasteiger partial charge in [-0.15, -0.1) is 0 Å². The third kappa shape index (κ3) is 3.84. The first-order valence-corrected chi connectivity index (χ1v) is 7.90. The van der Waals surface area contributed by atoms with Crippen molar-refractivity contribution in [3.05, 3.63) is 11.9 Å². The molecule has 1 saturated carbocycles.